The fourth-order valence-corrected chi connectivity index (χ4v) is 4.24. The number of rotatable bonds is 4. The lowest BCUT2D eigenvalue weighted by molar-refractivity contribution is 0.0566. The molecular weight excluding hydrogens is 386 g/mol. The molecule has 0 amide bonds. The first-order valence-corrected chi connectivity index (χ1v) is 9.65. The van der Waals surface area contributed by atoms with Gasteiger partial charge in [-0.2, -0.15) is 24.2 Å². The molecule has 2 N–H and O–H groups in total. The van der Waals surface area contributed by atoms with Gasteiger partial charge in [-0.15, -0.1) is 0 Å². The van der Waals surface area contributed by atoms with Crippen LogP contribution in [0.1, 0.15) is 41.3 Å². The van der Waals surface area contributed by atoms with E-state index in [1.165, 1.54) is 23.5 Å². The molecule has 4 aromatic rings. The lowest BCUT2D eigenvalue weighted by Gasteiger charge is -2.16. The Labute approximate surface area is 171 Å². The van der Waals surface area contributed by atoms with Crippen molar-refractivity contribution in [3.05, 3.63) is 65.0 Å². The third-order valence-electron chi connectivity index (χ3n) is 5.79. The number of fused-ring (bicyclic) bond motifs is 2. The van der Waals surface area contributed by atoms with Crippen LogP contribution >= 0.6 is 0 Å². The van der Waals surface area contributed by atoms with E-state index in [2.05, 4.69) is 26.7 Å². The minimum absolute atomic E-state index is 0.154. The summed E-state index contributed by atoms with van der Waals surface area (Å²) >= 11 is 0. The van der Waals surface area contributed by atoms with Crippen molar-refractivity contribution in [2.24, 2.45) is 0 Å². The highest BCUT2D eigenvalue weighted by atomic mass is 19.3. The van der Waals surface area contributed by atoms with Crippen LogP contribution in [0.3, 0.4) is 0 Å². The highest BCUT2D eigenvalue weighted by Crippen LogP contribution is 2.37. The van der Waals surface area contributed by atoms with Crippen molar-refractivity contribution in [1.82, 2.24) is 20.0 Å². The average Bonchev–Trinajstić information content (AvgIpc) is 3.46. The molecule has 0 aliphatic heterocycles. The number of H-pyrrole nitrogens is 1. The second kappa shape index (κ2) is 6.95. The van der Waals surface area contributed by atoms with Gasteiger partial charge < -0.3 is 5.32 Å². The SMILES string of the molecule is Cc1c(C#N)ccc2c1CC[C@@H]2Nc1ccc2[nH]nc(-c3cnn(C(F)F)c3)c2c1. The number of nitrogens with zero attached hydrogens (tertiary/aromatic N) is 4. The van der Waals surface area contributed by atoms with Crippen LogP contribution in [0.5, 0.6) is 0 Å². The Hall–Kier alpha value is -3.73. The number of nitrogens with one attached hydrogen (secondary N) is 2. The van der Waals surface area contributed by atoms with Crippen LogP contribution in [0.2, 0.25) is 0 Å². The molecule has 0 bridgehead atoms. The molecule has 6 nitrogen and oxygen atoms in total. The molecule has 2 aromatic heterocycles. The normalized spacial score (nSPS) is 15.5. The topological polar surface area (TPSA) is 82.3 Å². The summed E-state index contributed by atoms with van der Waals surface area (Å²) in [6, 6.07) is 12.2. The first-order valence-electron chi connectivity index (χ1n) is 9.65. The molecule has 2 heterocycles. The Bertz CT molecular complexity index is 1300. The Balaban J connectivity index is 1.47. The van der Waals surface area contributed by atoms with Crippen LogP contribution in [-0.2, 0) is 6.42 Å². The molecule has 0 fully saturated rings. The second-order valence-corrected chi connectivity index (χ2v) is 7.47. The Kier molecular flexibility index (Phi) is 4.24. The zero-order chi connectivity index (χ0) is 20.8. The van der Waals surface area contributed by atoms with E-state index < -0.39 is 6.55 Å². The van der Waals surface area contributed by atoms with E-state index >= 15 is 0 Å². The smallest absolute Gasteiger partial charge is 0.333 e. The molecule has 0 saturated heterocycles. The summed E-state index contributed by atoms with van der Waals surface area (Å²) in [5.41, 5.74) is 7.11. The Morgan fingerprint density at radius 2 is 2.17 bits per heavy atom. The van der Waals surface area contributed by atoms with Gasteiger partial charge in [0, 0.05) is 22.8 Å². The standard InChI is InChI=1S/C22H18F2N6/c1-12-13(9-25)2-4-17-16(12)5-7-19(17)27-15-3-6-20-18(8-15)21(29-28-20)14-10-26-30(11-14)22(23)24/h2-4,6,8,10-11,19,22,27H,5,7H2,1H3,(H,28,29)/t19-/m0/s1. The Morgan fingerprint density at radius 1 is 1.30 bits per heavy atom. The maximum atomic E-state index is 12.9. The quantitative estimate of drug-likeness (QED) is 0.496. The first kappa shape index (κ1) is 18.3. The number of hydrogen-bond donors (Lipinski definition) is 2. The molecule has 150 valence electrons. The summed E-state index contributed by atoms with van der Waals surface area (Å²) < 4.78 is 26.4. The van der Waals surface area contributed by atoms with Crippen LogP contribution in [0.25, 0.3) is 22.2 Å². The number of aromatic nitrogens is 4. The molecule has 30 heavy (non-hydrogen) atoms. The highest BCUT2D eigenvalue weighted by molar-refractivity contribution is 5.94. The maximum Gasteiger partial charge on any atom is 0.333 e. The van der Waals surface area contributed by atoms with Crippen molar-refractivity contribution >= 4 is 16.6 Å². The predicted molar refractivity (Wildman–Crippen MR) is 109 cm³/mol. The predicted octanol–water partition coefficient (Wildman–Crippen LogP) is 5.10. The van der Waals surface area contributed by atoms with E-state index in [4.69, 9.17) is 0 Å². The van der Waals surface area contributed by atoms with E-state index in [0.717, 1.165) is 40.6 Å². The zero-order valence-corrected chi connectivity index (χ0v) is 16.2. The second-order valence-electron chi connectivity index (χ2n) is 7.47. The fraction of sp³-hybridized carbons (Fsp3) is 0.227. The van der Waals surface area contributed by atoms with Crippen LogP contribution < -0.4 is 5.32 Å². The molecule has 5 rings (SSSR count). The number of benzene rings is 2. The highest BCUT2D eigenvalue weighted by Gasteiger charge is 2.25. The van der Waals surface area contributed by atoms with E-state index in [1.54, 1.807) is 0 Å². The van der Waals surface area contributed by atoms with Gasteiger partial charge in [-0.3, -0.25) is 5.10 Å². The summed E-state index contributed by atoms with van der Waals surface area (Å²) in [6.45, 7) is -0.683. The van der Waals surface area contributed by atoms with Crippen molar-refractivity contribution in [2.45, 2.75) is 32.4 Å². The van der Waals surface area contributed by atoms with Crippen LogP contribution in [0.4, 0.5) is 14.5 Å². The summed E-state index contributed by atoms with van der Waals surface area (Å²) in [5, 5.41) is 24.6. The van der Waals surface area contributed by atoms with Gasteiger partial charge in [0.25, 0.3) is 0 Å². The van der Waals surface area contributed by atoms with E-state index in [1.807, 2.05) is 37.3 Å². The minimum Gasteiger partial charge on any atom is -0.378 e. The summed E-state index contributed by atoms with van der Waals surface area (Å²) in [6.07, 6.45) is 4.57. The monoisotopic (exact) mass is 404 g/mol. The van der Waals surface area contributed by atoms with E-state index in [-0.39, 0.29) is 6.04 Å². The number of nitriles is 1. The first-order chi connectivity index (χ1) is 14.5. The van der Waals surface area contributed by atoms with Gasteiger partial charge in [0.2, 0.25) is 0 Å². The van der Waals surface area contributed by atoms with Crippen molar-refractivity contribution in [3.8, 4) is 17.3 Å². The number of hydrogen-bond acceptors (Lipinski definition) is 4. The van der Waals surface area contributed by atoms with Gasteiger partial charge >= 0.3 is 6.55 Å². The summed E-state index contributed by atoms with van der Waals surface area (Å²) in [7, 11) is 0. The molecule has 0 spiro atoms. The zero-order valence-electron chi connectivity index (χ0n) is 16.2. The molecule has 0 radical (unpaired) electrons. The minimum atomic E-state index is -2.69. The number of halogens is 2. The van der Waals surface area contributed by atoms with Gasteiger partial charge in [0.15, 0.2) is 0 Å². The van der Waals surface area contributed by atoms with Crippen molar-refractivity contribution in [3.63, 3.8) is 0 Å². The third kappa shape index (κ3) is 2.90. The van der Waals surface area contributed by atoms with Gasteiger partial charge in [0.05, 0.1) is 29.4 Å². The van der Waals surface area contributed by atoms with Crippen LogP contribution in [0, 0.1) is 18.3 Å². The van der Waals surface area contributed by atoms with Gasteiger partial charge in [-0.1, -0.05) is 6.07 Å². The van der Waals surface area contributed by atoms with Gasteiger partial charge in [-0.05, 0) is 60.7 Å². The summed E-state index contributed by atoms with van der Waals surface area (Å²) in [5.74, 6) is 0. The molecule has 0 unspecified atom stereocenters. The largest absolute Gasteiger partial charge is 0.378 e. The molecular formula is C22H18F2N6. The number of alkyl halides is 2. The lowest BCUT2D eigenvalue weighted by Crippen LogP contribution is -2.07. The van der Waals surface area contributed by atoms with E-state index in [9.17, 15) is 14.0 Å². The van der Waals surface area contributed by atoms with Crippen LogP contribution in [0.15, 0.2) is 42.7 Å². The Morgan fingerprint density at radius 3 is 2.93 bits per heavy atom. The van der Waals surface area contributed by atoms with Crippen molar-refractivity contribution in [1.29, 1.82) is 5.26 Å². The van der Waals surface area contributed by atoms with Crippen LogP contribution in [-0.4, -0.2) is 20.0 Å². The molecule has 1 aliphatic carbocycles. The average molecular weight is 404 g/mol. The maximum absolute atomic E-state index is 12.9. The number of aromatic amines is 1. The molecule has 2 aromatic carbocycles. The molecule has 0 saturated carbocycles. The van der Waals surface area contributed by atoms with Crippen molar-refractivity contribution in [2.75, 3.05) is 5.32 Å². The summed E-state index contributed by atoms with van der Waals surface area (Å²) in [4.78, 5) is 0. The molecule has 8 heteroatoms. The number of anilines is 1. The van der Waals surface area contributed by atoms with Gasteiger partial charge in [-0.25, -0.2) is 4.68 Å². The third-order valence-corrected chi connectivity index (χ3v) is 5.79. The van der Waals surface area contributed by atoms with E-state index in [0.29, 0.717) is 15.9 Å². The molecule has 1 aliphatic rings. The lowest BCUT2D eigenvalue weighted by atomic mass is 9.98. The van der Waals surface area contributed by atoms with Gasteiger partial charge in [0.1, 0.15) is 5.69 Å². The van der Waals surface area contributed by atoms with Crippen molar-refractivity contribution < 1.29 is 8.78 Å². The fourth-order valence-electron chi connectivity index (χ4n) is 4.24. The molecule has 1 atom stereocenters.